The van der Waals surface area contributed by atoms with Gasteiger partial charge in [-0.2, -0.15) is 0 Å². The molecule has 2 N–H and O–H groups in total. The number of thiazole rings is 1. The topological polar surface area (TPSA) is 56.0 Å². The molecular formula is C12H10F2N2OS. The van der Waals surface area contributed by atoms with Crippen molar-refractivity contribution in [3.8, 4) is 0 Å². The Morgan fingerprint density at radius 3 is 2.56 bits per heavy atom. The maximum atomic E-state index is 13.0. The van der Waals surface area contributed by atoms with Crippen LogP contribution < -0.4 is 5.73 Å². The van der Waals surface area contributed by atoms with Crippen molar-refractivity contribution in [1.82, 2.24) is 4.98 Å². The second kappa shape index (κ2) is 5.32. The lowest BCUT2D eigenvalue weighted by molar-refractivity contribution is 0.103. The third-order valence-electron chi connectivity index (χ3n) is 2.27. The number of carbonyl (C=O) groups excluding carboxylic acids is 1. The smallest absolute Gasteiger partial charge is 0.212 e. The number of aromatic nitrogens is 1. The van der Waals surface area contributed by atoms with Crippen molar-refractivity contribution in [1.29, 1.82) is 0 Å². The van der Waals surface area contributed by atoms with E-state index >= 15 is 0 Å². The average molecular weight is 268 g/mol. The summed E-state index contributed by atoms with van der Waals surface area (Å²) in [5.74, 6) is -2.06. The van der Waals surface area contributed by atoms with E-state index in [1.54, 1.807) is 5.38 Å². The fourth-order valence-corrected chi connectivity index (χ4v) is 2.28. The molecule has 3 nitrogen and oxygen atoms in total. The van der Waals surface area contributed by atoms with Crippen LogP contribution >= 0.6 is 11.3 Å². The summed E-state index contributed by atoms with van der Waals surface area (Å²) in [6.45, 7) is 0.440. The van der Waals surface area contributed by atoms with Gasteiger partial charge in [0.05, 0.1) is 5.01 Å². The summed E-state index contributed by atoms with van der Waals surface area (Å²) in [7, 11) is 0. The Bertz CT molecular complexity index is 563. The molecule has 2 aromatic rings. The summed E-state index contributed by atoms with van der Waals surface area (Å²) >= 11 is 1.31. The average Bonchev–Trinajstić information content (AvgIpc) is 2.76. The Morgan fingerprint density at radius 1 is 1.28 bits per heavy atom. The van der Waals surface area contributed by atoms with Crippen LogP contribution in [0.15, 0.2) is 23.6 Å². The molecule has 0 saturated heterocycles. The van der Waals surface area contributed by atoms with Crippen LogP contribution in [0, 0.1) is 11.6 Å². The number of nitrogens with two attached hydrogens (primary N) is 1. The maximum absolute atomic E-state index is 13.0. The van der Waals surface area contributed by atoms with Crippen LogP contribution in [-0.2, 0) is 6.42 Å². The number of benzene rings is 1. The van der Waals surface area contributed by atoms with E-state index in [-0.39, 0.29) is 11.3 Å². The first-order valence-corrected chi connectivity index (χ1v) is 6.13. The second-order valence-electron chi connectivity index (χ2n) is 3.65. The van der Waals surface area contributed by atoms with Gasteiger partial charge in [0.2, 0.25) is 5.78 Å². The highest BCUT2D eigenvalue weighted by Crippen LogP contribution is 2.16. The molecule has 0 aliphatic carbocycles. The van der Waals surface area contributed by atoms with Crippen LogP contribution in [0.5, 0.6) is 0 Å². The zero-order valence-electron chi connectivity index (χ0n) is 9.32. The Morgan fingerprint density at radius 2 is 1.94 bits per heavy atom. The van der Waals surface area contributed by atoms with Gasteiger partial charge in [-0.1, -0.05) is 0 Å². The van der Waals surface area contributed by atoms with Crippen molar-refractivity contribution >= 4 is 17.1 Å². The standard InChI is InChI=1S/C12H10F2N2OS/c13-8-3-7(4-9(14)5-8)12(17)10-6-18-11(16-10)1-2-15/h3-6H,1-2,15H2. The number of hydrogen-bond donors (Lipinski definition) is 1. The minimum Gasteiger partial charge on any atom is -0.330 e. The van der Waals surface area contributed by atoms with E-state index in [2.05, 4.69) is 4.98 Å². The van der Waals surface area contributed by atoms with Gasteiger partial charge in [-0.15, -0.1) is 11.3 Å². The lowest BCUT2D eigenvalue weighted by atomic mass is 10.1. The Labute approximate surface area is 106 Å². The summed E-state index contributed by atoms with van der Waals surface area (Å²) < 4.78 is 26.0. The Balaban J connectivity index is 2.29. The second-order valence-corrected chi connectivity index (χ2v) is 4.60. The minimum absolute atomic E-state index is 0.0444. The van der Waals surface area contributed by atoms with E-state index in [9.17, 15) is 13.6 Å². The van der Waals surface area contributed by atoms with Crippen molar-refractivity contribution < 1.29 is 13.6 Å². The van der Waals surface area contributed by atoms with Crippen molar-refractivity contribution in [3.63, 3.8) is 0 Å². The maximum Gasteiger partial charge on any atom is 0.212 e. The van der Waals surface area contributed by atoms with Gasteiger partial charge in [0.15, 0.2) is 0 Å². The zero-order valence-corrected chi connectivity index (χ0v) is 10.1. The molecule has 94 valence electrons. The van der Waals surface area contributed by atoms with Crippen molar-refractivity contribution in [2.24, 2.45) is 5.73 Å². The van der Waals surface area contributed by atoms with Gasteiger partial charge in [-0.25, -0.2) is 13.8 Å². The molecule has 0 saturated carbocycles. The lowest BCUT2D eigenvalue weighted by Gasteiger charge is -1.98. The molecule has 0 unspecified atom stereocenters. The molecule has 0 aliphatic heterocycles. The van der Waals surface area contributed by atoms with E-state index in [0.29, 0.717) is 13.0 Å². The van der Waals surface area contributed by atoms with E-state index in [0.717, 1.165) is 23.2 Å². The van der Waals surface area contributed by atoms with Crippen LogP contribution in [-0.4, -0.2) is 17.3 Å². The predicted molar refractivity (Wildman–Crippen MR) is 64.7 cm³/mol. The molecule has 0 atom stereocenters. The lowest BCUT2D eigenvalue weighted by Crippen LogP contribution is -2.05. The number of carbonyl (C=O) groups is 1. The van der Waals surface area contributed by atoms with Crippen molar-refractivity contribution in [2.45, 2.75) is 6.42 Å². The molecule has 2 rings (SSSR count). The number of nitrogens with zero attached hydrogens (tertiary/aromatic N) is 1. The Hall–Kier alpha value is -1.66. The van der Waals surface area contributed by atoms with Gasteiger partial charge < -0.3 is 5.73 Å². The summed E-state index contributed by atoms with van der Waals surface area (Å²) in [5.41, 5.74) is 5.52. The van der Waals surface area contributed by atoms with Crippen LogP contribution in [0.2, 0.25) is 0 Å². The fraction of sp³-hybridized carbons (Fsp3) is 0.167. The van der Waals surface area contributed by atoms with E-state index in [1.807, 2.05) is 0 Å². The third-order valence-corrected chi connectivity index (χ3v) is 3.18. The largest absolute Gasteiger partial charge is 0.330 e. The summed E-state index contributed by atoms with van der Waals surface area (Å²) in [5, 5.41) is 2.30. The van der Waals surface area contributed by atoms with Gasteiger partial charge >= 0.3 is 0 Å². The zero-order chi connectivity index (χ0) is 13.1. The molecule has 1 aromatic heterocycles. The first kappa shape index (κ1) is 12.8. The molecule has 0 fully saturated rings. The quantitative estimate of drug-likeness (QED) is 0.864. The minimum atomic E-state index is -0.782. The summed E-state index contributed by atoms with van der Waals surface area (Å²) in [6, 6.07) is 2.71. The van der Waals surface area contributed by atoms with Gasteiger partial charge in [0, 0.05) is 23.4 Å². The fourth-order valence-electron chi connectivity index (χ4n) is 1.49. The summed E-state index contributed by atoms with van der Waals surface area (Å²) in [4.78, 5) is 16.0. The highest BCUT2D eigenvalue weighted by atomic mass is 32.1. The molecule has 0 radical (unpaired) electrons. The Kier molecular flexibility index (Phi) is 3.78. The van der Waals surface area contributed by atoms with Crippen LogP contribution in [0.25, 0.3) is 0 Å². The van der Waals surface area contributed by atoms with Crippen molar-refractivity contribution in [3.05, 3.63) is 51.5 Å². The van der Waals surface area contributed by atoms with Crippen LogP contribution in [0.3, 0.4) is 0 Å². The molecule has 0 spiro atoms. The number of rotatable bonds is 4. The normalized spacial score (nSPS) is 10.6. The van der Waals surface area contributed by atoms with Gasteiger partial charge in [-0.3, -0.25) is 4.79 Å². The molecule has 0 aliphatic rings. The van der Waals surface area contributed by atoms with E-state index in [1.165, 1.54) is 11.3 Å². The highest BCUT2D eigenvalue weighted by Gasteiger charge is 2.15. The molecule has 18 heavy (non-hydrogen) atoms. The summed E-state index contributed by atoms with van der Waals surface area (Å²) in [6.07, 6.45) is 0.579. The SMILES string of the molecule is NCCc1nc(C(=O)c2cc(F)cc(F)c2)cs1. The number of ketones is 1. The first-order valence-electron chi connectivity index (χ1n) is 5.25. The molecule has 1 aromatic carbocycles. The van der Waals surface area contributed by atoms with Crippen molar-refractivity contribution in [2.75, 3.05) is 6.54 Å². The van der Waals surface area contributed by atoms with Gasteiger partial charge in [0.25, 0.3) is 0 Å². The highest BCUT2D eigenvalue weighted by molar-refractivity contribution is 7.09. The molecule has 1 heterocycles. The van der Waals surface area contributed by atoms with E-state index < -0.39 is 17.4 Å². The van der Waals surface area contributed by atoms with E-state index in [4.69, 9.17) is 5.73 Å². The van der Waals surface area contributed by atoms with Gasteiger partial charge in [-0.05, 0) is 18.7 Å². The number of hydrogen-bond acceptors (Lipinski definition) is 4. The molecule has 0 amide bonds. The molecule has 6 heteroatoms. The monoisotopic (exact) mass is 268 g/mol. The third kappa shape index (κ3) is 2.77. The number of halogens is 2. The van der Waals surface area contributed by atoms with Crippen LogP contribution in [0.4, 0.5) is 8.78 Å². The predicted octanol–water partition coefficient (Wildman–Crippen LogP) is 2.15. The van der Waals surface area contributed by atoms with Crippen LogP contribution in [0.1, 0.15) is 21.1 Å². The molecular weight excluding hydrogens is 258 g/mol. The first-order chi connectivity index (χ1) is 8.60. The van der Waals surface area contributed by atoms with Gasteiger partial charge in [0.1, 0.15) is 17.3 Å². The molecule has 0 bridgehead atoms.